The van der Waals surface area contributed by atoms with Crippen LogP contribution in [0.5, 0.6) is 0 Å². The summed E-state index contributed by atoms with van der Waals surface area (Å²) in [6.45, 7) is 0.799. The van der Waals surface area contributed by atoms with Gasteiger partial charge in [0, 0.05) is 10.1 Å². The van der Waals surface area contributed by atoms with Crippen molar-refractivity contribution >= 4 is 22.6 Å². The minimum absolute atomic E-state index is 0.439. The Morgan fingerprint density at radius 3 is 2.53 bits per heavy atom. The molecule has 0 aromatic heterocycles. The van der Waals surface area contributed by atoms with Crippen LogP contribution in [0.2, 0.25) is 0 Å². The van der Waals surface area contributed by atoms with Gasteiger partial charge in [0.25, 0.3) is 0 Å². The van der Waals surface area contributed by atoms with E-state index in [0.29, 0.717) is 6.10 Å². The standard InChI is InChI=1S/C12H16INO/c13-11-7-5-10(6-8-11)9-14-15-12-3-1-2-4-12/h5-8,12,14H,1-4,9H2. The smallest absolute Gasteiger partial charge is 0.0790 e. The fourth-order valence-electron chi connectivity index (χ4n) is 1.85. The lowest BCUT2D eigenvalue weighted by atomic mass is 10.2. The Bertz CT molecular complexity index is 293. The normalized spacial score (nSPS) is 17.1. The van der Waals surface area contributed by atoms with E-state index in [9.17, 15) is 0 Å². The molecule has 3 heteroatoms. The third kappa shape index (κ3) is 3.74. The van der Waals surface area contributed by atoms with Gasteiger partial charge >= 0.3 is 0 Å². The summed E-state index contributed by atoms with van der Waals surface area (Å²) in [4.78, 5) is 5.59. The summed E-state index contributed by atoms with van der Waals surface area (Å²) in [6.07, 6.45) is 5.49. The average molecular weight is 317 g/mol. The van der Waals surface area contributed by atoms with Gasteiger partial charge in [-0.3, -0.25) is 4.84 Å². The van der Waals surface area contributed by atoms with Gasteiger partial charge in [0.2, 0.25) is 0 Å². The lowest BCUT2D eigenvalue weighted by molar-refractivity contribution is -0.0244. The summed E-state index contributed by atoms with van der Waals surface area (Å²) in [5.41, 5.74) is 4.33. The van der Waals surface area contributed by atoms with Crippen molar-refractivity contribution in [2.75, 3.05) is 0 Å². The first kappa shape index (κ1) is 11.4. The lowest BCUT2D eigenvalue weighted by Crippen LogP contribution is -2.21. The molecule has 0 bridgehead atoms. The number of hydrogen-bond acceptors (Lipinski definition) is 2. The SMILES string of the molecule is Ic1ccc(CNOC2CCCC2)cc1. The third-order valence-electron chi connectivity index (χ3n) is 2.74. The Hall–Kier alpha value is -0.130. The summed E-state index contributed by atoms with van der Waals surface area (Å²) >= 11 is 2.31. The van der Waals surface area contributed by atoms with Gasteiger partial charge in [0.15, 0.2) is 0 Å². The van der Waals surface area contributed by atoms with Crippen LogP contribution in [0.3, 0.4) is 0 Å². The number of benzene rings is 1. The molecule has 0 saturated heterocycles. The molecule has 0 spiro atoms. The first-order valence-electron chi connectivity index (χ1n) is 5.47. The summed E-state index contributed by atoms with van der Waals surface area (Å²) in [6, 6.07) is 8.50. The first-order chi connectivity index (χ1) is 7.34. The zero-order valence-electron chi connectivity index (χ0n) is 8.71. The molecule has 2 nitrogen and oxygen atoms in total. The molecule has 82 valence electrons. The largest absolute Gasteiger partial charge is 0.298 e. The van der Waals surface area contributed by atoms with E-state index in [-0.39, 0.29) is 0 Å². The van der Waals surface area contributed by atoms with Crippen molar-refractivity contribution in [3.05, 3.63) is 33.4 Å². The maximum atomic E-state index is 5.59. The molecule has 0 aliphatic heterocycles. The molecule has 1 aliphatic rings. The van der Waals surface area contributed by atoms with Crippen LogP contribution < -0.4 is 5.48 Å². The highest BCUT2D eigenvalue weighted by molar-refractivity contribution is 14.1. The number of rotatable bonds is 4. The van der Waals surface area contributed by atoms with Gasteiger partial charge in [0.1, 0.15) is 0 Å². The first-order valence-corrected chi connectivity index (χ1v) is 6.55. The van der Waals surface area contributed by atoms with Gasteiger partial charge in [0.05, 0.1) is 6.10 Å². The second kappa shape index (κ2) is 5.82. The summed E-state index contributed by atoms with van der Waals surface area (Å²) in [7, 11) is 0. The molecular formula is C12H16INO. The topological polar surface area (TPSA) is 21.3 Å². The molecule has 1 aromatic carbocycles. The van der Waals surface area contributed by atoms with Crippen molar-refractivity contribution in [1.82, 2.24) is 5.48 Å². The van der Waals surface area contributed by atoms with E-state index in [0.717, 1.165) is 6.54 Å². The second-order valence-corrected chi connectivity index (χ2v) is 5.22. The molecule has 1 N–H and O–H groups in total. The van der Waals surface area contributed by atoms with Gasteiger partial charge in [-0.1, -0.05) is 25.0 Å². The summed E-state index contributed by atoms with van der Waals surface area (Å²) < 4.78 is 1.27. The van der Waals surface area contributed by atoms with Crippen molar-refractivity contribution in [3.63, 3.8) is 0 Å². The van der Waals surface area contributed by atoms with Crippen molar-refractivity contribution in [3.8, 4) is 0 Å². The minimum atomic E-state index is 0.439. The van der Waals surface area contributed by atoms with E-state index >= 15 is 0 Å². The summed E-state index contributed by atoms with van der Waals surface area (Å²) in [5.74, 6) is 0. The van der Waals surface area contributed by atoms with Gasteiger partial charge in [-0.2, -0.15) is 5.48 Å². The molecule has 0 radical (unpaired) electrons. The van der Waals surface area contributed by atoms with E-state index < -0.39 is 0 Å². The van der Waals surface area contributed by atoms with Crippen molar-refractivity contribution in [1.29, 1.82) is 0 Å². The quantitative estimate of drug-likeness (QED) is 0.680. The third-order valence-corrected chi connectivity index (χ3v) is 3.46. The molecule has 2 rings (SSSR count). The van der Waals surface area contributed by atoms with Crippen LogP contribution >= 0.6 is 22.6 Å². The Kier molecular flexibility index (Phi) is 4.41. The monoisotopic (exact) mass is 317 g/mol. The number of halogens is 1. The Morgan fingerprint density at radius 2 is 1.87 bits per heavy atom. The lowest BCUT2D eigenvalue weighted by Gasteiger charge is -2.11. The number of nitrogens with one attached hydrogen (secondary N) is 1. The van der Waals surface area contributed by atoms with Crippen molar-refractivity contribution in [2.24, 2.45) is 0 Å². The van der Waals surface area contributed by atoms with Crippen LogP contribution in [0.25, 0.3) is 0 Å². The van der Waals surface area contributed by atoms with Crippen LogP contribution in [0.15, 0.2) is 24.3 Å². The van der Waals surface area contributed by atoms with E-state index in [1.807, 2.05) is 0 Å². The fourth-order valence-corrected chi connectivity index (χ4v) is 2.21. The van der Waals surface area contributed by atoms with E-state index in [2.05, 4.69) is 52.3 Å². The highest BCUT2D eigenvalue weighted by Crippen LogP contribution is 2.19. The van der Waals surface area contributed by atoms with Gasteiger partial charge in [-0.15, -0.1) is 0 Å². The molecule has 0 heterocycles. The molecule has 1 fully saturated rings. The van der Waals surface area contributed by atoms with Crippen LogP contribution in [-0.4, -0.2) is 6.10 Å². The molecule has 0 amide bonds. The Labute approximate surface area is 104 Å². The van der Waals surface area contributed by atoms with Crippen LogP contribution in [-0.2, 0) is 11.4 Å². The predicted octanol–water partition coefficient (Wildman–Crippen LogP) is 3.26. The molecular weight excluding hydrogens is 301 g/mol. The van der Waals surface area contributed by atoms with Gasteiger partial charge < -0.3 is 0 Å². The van der Waals surface area contributed by atoms with E-state index in [4.69, 9.17) is 4.84 Å². The van der Waals surface area contributed by atoms with Crippen LogP contribution in [0.4, 0.5) is 0 Å². The zero-order chi connectivity index (χ0) is 10.5. The van der Waals surface area contributed by atoms with Gasteiger partial charge in [-0.25, -0.2) is 0 Å². The van der Waals surface area contributed by atoms with Crippen LogP contribution in [0, 0.1) is 3.57 Å². The van der Waals surface area contributed by atoms with E-state index in [1.54, 1.807) is 0 Å². The maximum absolute atomic E-state index is 5.59. The highest BCUT2D eigenvalue weighted by atomic mass is 127. The summed E-state index contributed by atoms with van der Waals surface area (Å²) in [5, 5.41) is 0. The Balaban J connectivity index is 1.71. The van der Waals surface area contributed by atoms with Gasteiger partial charge in [-0.05, 0) is 53.1 Å². The number of hydroxylamine groups is 1. The molecule has 0 atom stereocenters. The molecule has 15 heavy (non-hydrogen) atoms. The minimum Gasteiger partial charge on any atom is -0.298 e. The van der Waals surface area contributed by atoms with Crippen LogP contribution in [0.1, 0.15) is 31.2 Å². The van der Waals surface area contributed by atoms with E-state index in [1.165, 1.54) is 34.8 Å². The zero-order valence-corrected chi connectivity index (χ0v) is 10.9. The molecule has 1 saturated carbocycles. The van der Waals surface area contributed by atoms with Crippen molar-refractivity contribution in [2.45, 2.75) is 38.3 Å². The number of hydrogen-bond donors (Lipinski definition) is 1. The maximum Gasteiger partial charge on any atom is 0.0790 e. The molecule has 1 aliphatic carbocycles. The predicted molar refractivity (Wildman–Crippen MR) is 69.3 cm³/mol. The molecule has 0 unspecified atom stereocenters. The van der Waals surface area contributed by atoms with Crippen molar-refractivity contribution < 1.29 is 4.84 Å². The highest BCUT2D eigenvalue weighted by Gasteiger charge is 2.15. The fraction of sp³-hybridized carbons (Fsp3) is 0.500. The Morgan fingerprint density at radius 1 is 1.20 bits per heavy atom. The molecule has 1 aromatic rings. The second-order valence-electron chi connectivity index (χ2n) is 3.97. The average Bonchev–Trinajstić information content (AvgIpc) is 2.74.